The molecule has 1 aliphatic heterocycles. The first-order valence-corrected chi connectivity index (χ1v) is 13.8. The lowest BCUT2D eigenvalue weighted by Crippen LogP contribution is -2.57. The Morgan fingerprint density at radius 3 is 2.84 bits per heavy atom. The molecule has 2 aliphatic rings. The second kappa shape index (κ2) is 9.51. The third-order valence-corrected chi connectivity index (χ3v) is 9.04. The third kappa shape index (κ3) is 4.56. The molecule has 0 bridgehead atoms. The number of pyridine rings is 1. The van der Waals surface area contributed by atoms with E-state index >= 15 is 0 Å². The molecule has 0 radical (unpaired) electrons. The molecule has 1 aliphatic carbocycles. The van der Waals surface area contributed by atoms with Gasteiger partial charge in [-0.1, -0.05) is 11.6 Å². The maximum Gasteiger partial charge on any atom is 0.331 e. The van der Waals surface area contributed by atoms with Crippen molar-refractivity contribution in [1.82, 2.24) is 19.4 Å². The van der Waals surface area contributed by atoms with Gasteiger partial charge in [-0.2, -0.15) is 0 Å². The molecular formula is C28H29ClN4O3S. The lowest BCUT2D eigenvalue weighted by molar-refractivity contribution is -0.156. The minimum absolute atomic E-state index is 0.00256. The maximum absolute atomic E-state index is 12.6. The van der Waals surface area contributed by atoms with Crippen LogP contribution >= 0.6 is 22.9 Å². The fourth-order valence-corrected chi connectivity index (χ4v) is 6.99. The van der Waals surface area contributed by atoms with Crippen molar-refractivity contribution in [2.75, 3.05) is 13.1 Å². The van der Waals surface area contributed by atoms with Crippen LogP contribution in [0.1, 0.15) is 35.3 Å². The number of ether oxygens (including phenoxy) is 1. The van der Waals surface area contributed by atoms with Crippen LogP contribution in [0.25, 0.3) is 21.3 Å². The molecule has 192 valence electrons. The number of benzene rings is 1. The van der Waals surface area contributed by atoms with E-state index in [2.05, 4.69) is 17.2 Å². The van der Waals surface area contributed by atoms with Crippen molar-refractivity contribution in [2.24, 2.45) is 7.05 Å². The number of fused-ring (bicyclic) bond motifs is 1. The molecule has 2 fully saturated rings. The predicted molar refractivity (Wildman–Crippen MR) is 148 cm³/mol. The van der Waals surface area contributed by atoms with E-state index < -0.39 is 0 Å². The van der Waals surface area contributed by atoms with Crippen molar-refractivity contribution in [3.8, 4) is 11.1 Å². The molecule has 9 heteroatoms. The topological polar surface area (TPSA) is 78.2 Å². The number of morpholine rings is 1. The Labute approximate surface area is 223 Å². The Morgan fingerprint density at radius 1 is 1.22 bits per heavy atom. The van der Waals surface area contributed by atoms with Crippen LogP contribution in [-0.2, 0) is 24.8 Å². The number of nitrogens with one attached hydrogen (secondary N) is 1. The number of hydrogen-bond acceptors (Lipinski definition) is 6. The van der Waals surface area contributed by atoms with Gasteiger partial charge in [-0.25, -0.2) is 4.79 Å². The zero-order valence-electron chi connectivity index (χ0n) is 20.9. The summed E-state index contributed by atoms with van der Waals surface area (Å²) in [4.78, 5) is 30.4. The van der Waals surface area contributed by atoms with Crippen molar-refractivity contribution in [3.63, 3.8) is 0 Å². The summed E-state index contributed by atoms with van der Waals surface area (Å²) in [7, 11) is 1.64. The molecule has 1 atom stereocenters. The Morgan fingerprint density at radius 2 is 2.05 bits per heavy atom. The van der Waals surface area contributed by atoms with Crippen molar-refractivity contribution in [2.45, 2.75) is 50.9 Å². The average Bonchev–Trinajstić information content (AvgIpc) is 3.28. The number of aromatic nitrogens is 3. The highest BCUT2D eigenvalue weighted by Gasteiger charge is 2.42. The number of hydrogen-bond donors (Lipinski definition) is 1. The van der Waals surface area contributed by atoms with Crippen LogP contribution in [0, 0.1) is 6.92 Å². The Hall–Kier alpha value is -2.78. The Bertz CT molecular complexity index is 1620. The minimum Gasteiger partial charge on any atom is -0.369 e. The van der Waals surface area contributed by atoms with Crippen LogP contribution < -0.4 is 16.6 Å². The summed E-state index contributed by atoms with van der Waals surface area (Å²) < 4.78 is 10.3. The summed E-state index contributed by atoms with van der Waals surface area (Å²) in [5.74, 6) is 0. The van der Waals surface area contributed by atoms with Gasteiger partial charge in [0.05, 0.1) is 28.5 Å². The smallest absolute Gasteiger partial charge is 0.331 e. The lowest BCUT2D eigenvalue weighted by atomic mass is 9.78. The van der Waals surface area contributed by atoms with Crippen LogP contribution in [0.2, 0.25) is 5.02 Å². The average molecular weight is 537 g/mol. The molecule has 4 heterocycles. The monoisotopic (exact) mass is 536 g/mol. The Balaban J connectivity index is 1.39. The summed E-state index contributed by atoms with van der Waals surface area (Å²) in [6, 6.07) is 9.46. The van der Waals surface area contributed by atoms with E-state index in [-0.39, 0.29) is 29.5 Å². The number of halogens is 1. The van der Waals surface area contributed by atoms with Gasteiger partial charge in [-0.05, 0) is 67.1 Å². The number of rotatable bonds is 5. The molecule has 0 amide bonds. The molecule has 1 aromatic carbocycles. The number of thiophene rings is 1. The van der Waals surface area contributed by atoms with Gasteiger partial charge in [-0.15, -0.1) is 11.3 Å². The van der Waals surface area contributed by atoms with Gasteiger partial charge >= 0.3 is 5.69 Å². The van der Waals surface area contributed by atoms with E-state index in [1.807, 2.05) is 30.5 Å². The highest BCUT2D eigenvalue weighted by Crippen LogP contribution is 2.41. The SMILES string of the molecule is Cc1cc(Cl)cc(-c2ccnc3cc(Cn4c(=O)ccn(C)c4=O)sc23)c1CC1CNCC2(CCC2)O1. The van der Waals surface area contributed by atoms with E-state index in [4.69, 9.17) is 16.3 Å². The molecule has 1 unspecified atom stereocenters. The Kier molecular flexibility index (Phi) is 6.31. The van der Waals surface area contributed by atoms with E-state index in [9.17, 15) is 9.59 Å². The van der Waals surface area contributed by atoms with Gasteiger partial charge < -0.3 is 14.6 Å². The van der Waals surface area contributed by atoms with Gasteiger partial charge in [0.25, 0.3) is 5.56 Å². The van der Waals surface area contributed by atoms with Gasteiger partial charge in [0.2, 0.25) is 0 Å². The van der Waals surface area contributed by atoms with E-state index in [1.165, 1.54) is 33.4 Å². The van der Waals surface area contributed by atoms with Gasteiger partial charge in [0.1, 0.15) is 0 Å². The first-order chi connectivity index (χ1) is 17.8. The summed E-state index contributed by atoms with van der Waals surface area (Å²) >= 11 is 8.13. The molecule has 6 rings (SSSR count). The van der Waals surface area contributed by atoms with Crippen molar-refractivity contribution in [1.29, 1.82) is 0 Å². The van der Waals surface area contributed by atoms with Crippen molar-refractivity contribution >= 4 is 33.2 Å². The second-order valence-corrected chi connectivity index (χ2v) is 11.9. The van der Waals surface area contributed by atoms with Crippen LogP contribution in [-0.4, -0.2) is 38.9 Å². The molecular weight excluding hydrogens is 508 g/mol. The molecule has 37 heavy (non-hydrogen) atoms. The first kappa shape index (κ1) is 24.6. The second-order valence-electron chi connectivity index (χ2n) is 10.3. The predicted octanol–water partition coefficient (Wildman–Crippen LogP) is 4.29. The normalized spacial score (nSPS) is 18.8. The first-order valence-electron chi connectivity index (χ1n) is 12.6. The highest BCUT2D eigenvalue weighted by molar-refractivity contribution is 7.19. The van der Waals surface area contributed by atoms with E-state index in [0.717, 1.165) is 64.1 Å². The largest absolute Gasteiger partial charge is 0.369 e. The minimum atomic E-state index is -0.337. The standard InChI is InChI=1S/C28H29ClN4O3S/c1-17-10-18(29)11-23(22(17)12-19-14-30-16-28(36-19)6-3-7-28)21-4-8-31-24-13-20(37-26(21)24)15-33-25(34)5-9-32(2)27(33)35/h4-5,8-11,13,19,30H,3,6-7,12,14-16H2,1-2H3. The molecule has 7 nitrogen and oxygen atoms in total. The van der Waals surface area contributed by atoms with Gasteiger partial charge in [-0.3, -0.25) is 14.3 Å². The van der Waals surface area contributed by atoms with Crippen molar-refractivity contribution < 1.29 is 4.74 Å². The fraction of sp³-hybridized carbons (Fsp3) is 0.393. The summed E-state index contributed by atoms with van der Waals surface area (Å²) in [5.41, 5.74) is 4.69. The van der Waals surface area contributed by atoms with Crippen LogP contribution in [0.3, 0.4) is 0 Å². The summed E-state index contributed by atoms with van der Waals surface area (Å²) in [6.45, 7) is 4.08. The molecule has 1 saturated heterocycles. The molecule has 4 aromatic rings. The van der Waals surface area contributed by atoms with Gasteiger partial charge in [0.15, 0.2) is 0 Å². The van der Waals surface area contributed by atoms with Crippen LogP contribution in [0.4, 0.5) is 0 Å². The molecule has 1 saturated carbocycles. The summed E-state index contributed by atoms with van der Waals surface area (Å²) in [5, 5.41) is 4.28. The quantitative estimate of drug-likeness (QED) is 0.412. The van der Waals surface area contributed by atoms with E-state index in [0.29, 0.717) is 5.02 Å². The number of nitrogens with zero attached hydrogens (tertiary/aromatic N) is 3. The van der Waals surface area contributed by atoms with E-state index in [1.54, 1.807) is 18.4 Å². The maximum atomic E-state index is 12.6. The third-order valence-electron chi connectivity index (χ3n) is 7.68. The van der Waals surface area contributed by atoms with Crippen LogP contribution in [0.15, 0.2) is 52.3 Å². The highest BCUT2D eigenvalue weighted by atomic mass is 35.5. The molecule has 1 N–H and O–H groups in total. The number of aryl methyl sites for hydroxylation is 2. The zero-order chi connectivity index (χ0) is 25.7. The lowest BCUT2D eigenvalue weighted by Gasteiger charge is -2.48. The van der Waals surface area contributed by atoms with Gasteiger partial charge in [0, 0.05) is 60.5 Å². The molecule has 1 spiro atoms. The summed E-state index contributed by atoms with van der Waals surface area (Å²) in [6.07, 6.45) is 7.68. The fourth-order valence-electron chi connectivity index (χ4n) is 5.58. The zero-order valence-corrected chi connectivity index (χ0v) is 22.5. The van der Waals surface area contributed by atoms with Crippen LogP contribution in [0.5, 0.6) is 0 Å². The van der Waals surface area contributed by atoms with Crippen molar-refractivity contribution in [3.05, 3.63) is 84.6 Å². The molecule has 3 aromatic heterocycles.